The molecule has 1 heterocycles. The molecule has 2 N–H and O–H groups in total. The molecule has 0 radical (unpaired) electrons. The van der Waals surface area contributed by atoms with Gasteiger partial charge in [-0.2, -0.15) is 0 Å². The van der Waals surface area contributed by atoms with E-state index in [1.807, 2.05) is 19.9 Å². The minimum atomic E-state index is -0.938. The summed E-state index contributed by atoms with van der Waals surface area (Å²) in [5.41, 5.74) is 3.46. The van der Waals surface area contributed by atoms with Crippen LogP contribution in [0.3, 0.4) is 0 Å². The number of carbonyl (C=O) groups excluding carboxylic acids is 3. The fourth-order valence-electron chi connectivity index (χ4n) is 4.68. The van der Waals surface area contributed by atoms with E-state index >= 15 is 0 Å². The zero-order valence-corrected chi connectivity index (χ0v) is 21.3. The van der Waals surface area contributed by atoms with Crippen molar-refractivity contribution in [1.29, 1.82) is 0 Å². The first-order valence-corrected chi connectivity index (χ1v) is 11.6. The van der Waals surface area contributed by atoms with Crippen LogP contribution in [-0.4, -0.2) is 36.9 Å². The van der Waals surface area contributed by atoms with Crippen LogP contribution in [0.4, 0.5) is 11.4 Å². The quantitative estimate of drug-likeness (QED) is 0.283. The fourth-order valence-corrected chi connectivity index (χ4v) is 4.68. The van der Waals surface area contributed by atoms with Gasteiger partial charge in [-0.1, -0.05) is 18.2 Å². The maximum absolute atomic E-state index is 13.5. The molecular weight excluding hydrogens is 472 g/mol. The molecule has 1 atom stereocenters. The van der Waals surface area contributed by atoms with E-state index in [0.717, 1.165) is 11.1 Å². The molecule has 4 rings (SSSR count). The molecule has 3 aromatic rings. The third kappa shape index (κ3) is 4.78. The average Bonchev–Trinajstić information content (AvgIpc) is 3.13. The van der Waals surface area contributed by atoms with Crippen LogP contribution in [0.15, 0.2) is 66.2 Å². The summed E-state index contributed by atoms with van der Waals surface area (Å²) >= 11 is 0. The fraction of sp³-hybridized carbons (Fsp3) is 0.207. The maximum atomic E-state index is 13.5. The number of anilines is 2. The third-order valence-electron chi connectivity index (χ3n) is 6.20. The lowest BCUT2D eigenvalue weighted by atomic mass is 9.93. The van der Waals surface area contributed by atoms with Gasteiger partial charge in [0.1, 0.15) is 17.3 Å². The molecule has 1 fully saturated rings. The van der Waals surface area contributed by atoms with E-state index in [0.29, 0.717) is 34.0 Å². The van der Waals surface area contributed by atoms with Gasteiger partial charge in [-0.3, -0.25) is 19.3 Å². The second-order valence-electron chi connectivity index (χ2n) is 8.84. The molecule has 0 spiro atoms. The maximum Gasteiger partial charge on any atom is 0.300 e. The molecule has 8 nitrogen and oxygen atoms in total. The second kappa shape index (κ2) is 10.2. The van der Waals surface area contributed by atoms with Gasteiger partial charge >= 0.3 is 0 Å². The summed E-state index contributed by atoms with van der Waals surface area (Å²) in [4.78, 5) is 39.7. The number of Topliss-reactive ketones (excluding diaryl/α,β-unsaturated/α-hetero) is 1. The number of aliphatic hydroxyl groups is 1. The van der Waals surface area contributed by atoms with Crippen LogP contribution in [0, 0.1) is 13.8 Å². The number of ether oxygens (including phenoxy) is 2. The van der Waals surface area contributed by atoms with Crippen LogP contribution in [-0.2, 0) is 14.4 Å². The van der Waals surface area contributed by atoms with Crippen molar-refractivity contribution in [2.24, 2.45) is 0 Å². The number of amides is 2. The van der Waals surface area contributed by atoms with Gasteiger partial charge in [-0.25, -0.2) is 0 Å². The Balaban J connectivity index is 1.96. The Morgan fingerprint density at radius 1 is 0.973 bits per heavy atom. The predicted molar refractivity (Wildman–Crippen MR) is 141 cm³/mol. The Bertz CT molecular complexity index is 1420. The van der Waals surface area contributed by atoms with Gasteiger partial charge in [0.15, 0.2) is 0 Å². The topological polar surface area (TPSA) is 105 Å². The molecule has 190 valence electrons. The van der Waals surface area contributed by atoms with Gasteiger partial charge in [-0.05, 0) is 73.0 Å². The minimum Gasteiger partial charge on any atom is -0.507 e. The van der Waals surface area contributed by atoms with E-state index < -0.39 is 17.7 Å². The summed E-state index contributed by atoms with van der Waals surface area (Å²) in [7, 11) is 3.01. The zero-order chi connectivity index (χ0) is 26.9. The van der Waals surface area contributed by atoms with Crippen LogP contribution in [0.2, 0.25) is 0 Å². The summed E-state index contributed by atoms with van der Waals surface area (Å²) in [5.74, 6) is -1.21. The Morgan fingerprint density at radius 2 is 1.68 bits per heavy atom. The number of aliphatic hydroxyl groups excluding tert-OH is 1. The lowest BCUT2D eigenvalue weighted by Crippen LogP contribution is -2.29. The molecule has 3 aromatic carbocycles. The molecule has 1 aliphatic rings. The highest BCUT2D eigenvalue weighted by Gasteiger charge is 2.47. The lowest BCUT2D eigenvalue weighted by Gasteiger charge is -2.26. The van der Waals surface area contributed by atoms with E-state index in [1.54, 1.807) is 54.6 Å². The van der Waals surface area contributed by atoms with Crippen LogP contribution in [0.25, 0.3) is 5.76 Å². The summed E-state index contributed by atoms with van der Waals surface area (Å²) in [6.07, 6.45) is 0. The van der Waals surface area contributed by atoms with Gasteiger partial charge in [-0.15, -0.1) is 0 Å². The molecule has 37 heavy (non-hydrogen) atoms. The average molecular weight is 501 g/mol. The number of nitrogens with one attached hydrogen (secondary N) is 1. The van der Waals surface area contributed by atoms with Crippen molar-refractivity contribution in [2.45, 2.75) is 26.8 Å². The molecule has 0 saturated carbocycles. The molecule has 0 aliphatic carbocycles. The van der Waals surface area contributed by atoms with E-state index in [9.17, 15) is 19.5 Å². The number of hydrogen-bond donors (Lipinski definition) is 2. The van der Waals surface area contributed by atoms with E-state index in [-0.39, 0.29) is 17.2 Å². The highest BCUT2D eigenvalue weighted by molar-refractivity contribution is 6.51. The van der Waals surface area contributed by atoms with Crippen molar-refractivity contribution >= 4 is 34.7 Å². The third-order valence-corrected chi connectivity index (χ3v) is 6.20. The smallest absolute Gasteiger partial charge is 0.300 e. The first-order chi connectivity index (χ1) is 17.7. The number of hydrogen-bond acceptors (Lipinski definition) is 6. The summed E-state index contributed by atoms with van der Waals surface area (Å²) in [6, 6.07) is 16.3. The second-order valence-corrected chi connectivity index (χ2v) is 8.84. The number of nitrogens with zero attached hydrogens (tertiary/aromatic N) is 1. The van der Waals surface area contributed by atoms with Gasteiger partial charge in [0, 0.05) is 18.3 Å². The summed E-state index contributed by atoms with van der Waals surface area (Å²) in [6.45, 7) is 5.12. The Kier molecular flexibility index (Phi) is 7.02. The van der Waals surface area contributed by atoms with Gasteiger partial charge < -0.3 is 19.9 Å². The number of carbonyl (C=O) groups is 3. The number of benzene rings is 3. The highest BCUT2D eigenvalue weighted by Crippen LogP contribution is 2.44. The zero-order valence-electron chi connectivity index (χ0n) is 21.3. The lowest BCUT2D eigenvalue weighted by molar-refractivity contribution is -0.132. The van der Waals surface area contributed by atoms with Crippen molar-refractivity contribution in [2.75, 3.05) is 24.4 Å². The van der Waals surface area contributed by atoms with Crippen LogP contribution in [0.5, 0.6) is 11.5 Å². The Hall–Kier alpha value is -4.59. The SMILES string of the molecule is COc1cccc(C2/C(=C(\O)c3cc(C)cc(C)c3OC)C(=O)C(=O)N2c2ccc(NC(C)=O)cc2)c1. The number of ketones is 1. The van der Waals surface area contributed by atoms with Crippen molar-refractivity contribution in [1.82, 2.24) is 0 Å². The summed E-state index contributed by atoms with van der Waals surface area (Å²) < 4.78 is 10.9. The van der Waals surface area contributed by atoms with Crippen LogP contribution < -0.4 is 19.7 Å². The standard InChI is InChI=1S/C29H28N2O6/c1-16-13-17(2)28(37-5)23(14-16)26(33)24-25(19-7-6-8-22(15-19)36-4)31(29(35)27(24)34)21-11-9-20(10-12-21)30-18(3)32/h6-15,25,33H,1-5H3,(H,30,32)/b26-24+. The Morgan fingerprint density at radius 3 is 2.30 bits per heavy atom. The summed E-state index contributed by atoms with van der Waals surface area (Å²) in [5, 5.41) is 14.2. The number of methoxy groups -OCH3 is 2. The number of aryl methyl sites for hydroxylation is 2. The normalized spacial score (nSPS) is 16.6. The molecule has 8 heteroatoms. The molecular formula is C29H28N2O6. The van der Waals surface area contributed by atoms with Gasteiger partial charge in [0.25, 0.3) is 11.7 Å². The highest BCUT2D eigenvalue weighted by atomic mass is 16.5. The first-order valence-electron chi connectivity index (χ1n) is 11.6. The largest absolute Gasteiger partial charge is 0.507 e. The molecule has 1 unspecified atom stereocenters. The Labute approximate surface area is 215 Å². The van der Waals surface area contributed by atoms with E-state index in [4.69, 9.17) is 9.47 Å². The molecule has 2 amide bonds. The molecule has 1 aliphatic heterocycles. The van der Waals surface area contributed by atoms with Gasteiger partial charge in [0.2, 0.25) is 5.91 Å². The van der Waals surface area contributed by atoms with E-state index in [2.05, 4.69) is 5.32 Å². The predicted octanol–water partition coefficient (Wildman–Crippen LogP) is 4.91. The van der Waals surface area contributed by atoms with Crippen molar-refractivity contribution in [3.63, 3.8) is 0 Å². The molecule has 0 aromatic heterocycles. The van der Waals surface area contributed by atoms with Gasteiger partial charge in [0.05, 0.1) is 31.4 Å². The minimum absolute atomic E-state index is 0.0625. The van der Waals surface area contributed by atoms with Crippen LogP contribution in [0.1, 0.15) is 35.2 Å². The number of rotatable bonds is 6. The first kappa shape index (κ1) is 25.5. The molecule has 1 saturated heterocycles. The van der Waals surface area contributed by atoms with Crippen molar-refractivity contribution < 1.29 is 29.0 Å². The van der Waals surface area contributed by atoms with Crippen molar-refractivity contribution in [3.8, 4) is 11.5 Å². The monoisotopic (exact) mass is 500 g/mol. The van der Waals surface area contributed by atoms with E-state index in [1.165, 1.54) is 26.0 Å². The van der Waals surface area contributed by atoms with Crippen LogP contribution >= 0.6 is 0 Å². The van der Waals surface area contributed by atoms with Crippen molar-refractivity contribution in [3.05, 3.63) is 88.5 Å². The molecule has 0 bridgehead atoms.